The number of ether oxygens (including phenoxy) is 1. The molecule has 424 valence electrons. The Morgan fingerprint density at radius 3 is 1.10 bits per heavy atom. The molecule has 6 nitrogen and oxygen atoms in total. The number of unbranched alkanes of at least 4 members (excludes halogenated alkanes) is 45. The molecule has 0 aliphatic rings. The summed E-state index contributed by atoms with van der Waals surface area (Å²) in [6.45, 7) is 4.87. The molecule has 0 aromatic heterocycles. The first kappa shape index (κ1) is 70.1. The van der Waals surface area contributed by atoms with E-state index in [1.54, 1.807) is 6.08 Å². The smallest absolute Gasteiger partial charge is 0.305 e. The molecule has 0 heterocycles. The van der Waals surface area contributed by atoms with Crippen molar-refractivity contribution >= 4 is 11.9 Å². The number of hydrogen-bond donors (Lipinski definition) is 3. The molecule has 0 bridgehead atoms. The van der Waals surface area contributed by atoms with Crippen LogP contribution < -0.4 is 5.32 Å². The van der Waals surface area contributed by atoms with Crippen molar-refractivity contribution in [2.75, 3.05) is 13.2 Å². The summed E-state index contributed by atoms with van der Waals surface area (Å²) in [5, 5.41) is 23.1. The Balaban J connectivity index is 3.35. The van der Waals surface area contributed by atoms with Gasteiger partial charge in [-0.2, -0.15) is 0 Å². The quantitative estimate of drug-likeness (QED) is 0.0320. The molecule has 0 aliphatic carbocycles. The molecule has 6 heteroatoms. The maximum absolute atomic E-state index is 12.5. The van der Waals surface area contributed by atoms with Gasteiger partial charge in [-0.1, -0.05) is 314 Å². The Bertz CT molecular complexity index is 1170. The second-order valence-corrected chi connectivity index (χ2v) is 22.1. The van der Waals surface area contributed by atoms with Gasteiger partial charge in [0.1, 0.15) is 0 Å². The summed E-state index contributed by atoms with van der Waals surface area (Å²) >= 11 is 0. The van der Waals surface area contributed by atoms with Crippen molar-refractivity contribution in [1.29, 1.82) is 0 Å². The monoisotopic (exact) mass is 1010 g/mol. The zero-order chi connectivity index (χ0) is 52.2. The molecule has 2 atom stereocenters. The summed E-state index contributed by atoms with van der Waals surface area (Å²) in [4.78, 5) is 24.5. The van der Waals surface area contributed by atoms with E-state index in [-0.39, 0.29) is 18.5 Å². The number of aliphatic hydroxyl groups excluding tert-OH is 2. The van der Waals surface area contributed by atoms with Gasteiger partial charge in [0.25, 0.3) is 0 Å². The Kier molecular flexibility index (Phi) is 60.0. The van der Waals surface area contributed by atoms with Crippen molar-refractivity contribution in [2.24, 2.45) is 0 Å². The van der Waals surface area contributed by atoms with Gasteiger partial charge in [0.05, 0.1) is 25.4 Å². The molecule has 0 spiro atoms. The van der Waals surface area contributed by atoms with Crippen LogP contribution in [0.5, 0.6) is 0 Å². The molecule has 0 rings (SSSR count). The van der Waals surface area contributed by atoms with Crippen LogP contribution in [0.25, 0.3) is 0 Å². The predicted molar refractivity (Wildman–Crippen MR) is 315 cm³/mol. The van der Waals surface area contributed by atoms with Crippen LogP contribution in [0, 0.1) is 0 Å². The van der Waals surface area contributed by atoms with E-state index in [9.17, 15) is 19.8 Å². The normalized spacial score (nSPS) is 12.8. The van der Waals surface area contributed by atoms with Crippen LogP contribution in [0.15, 0.2) is 36.5 Å². The Morgan fingerprint density at radius 1 is 0.389 bits per heavy atom. The lowest BCUT2D eigenvalue weighted by Crippen LogP contribution is -2.45. The molecular formula is C66H125NO5. The van der Waals surface area contributed by atoms with E-state index in [0.29, 0.717) is 19.4 Å². The van der Waals surface area contributed by atoms with Crippen molar-refractivity contribution in [2.45, 2.75) is 360 Å². The summed E-state index contributed by atoms with van der Waals surface area (Å²) in [5.74, 6) is -0.0605. The highest BCUT2D eigenvalue weighted by molar-refractivity contribution is 5.76. The minimum Gasteiger partial charge on any atom is -0.466 e. The van der Waals surface area contributed by atoms with Gasteiger partial charge in [-0.3, -0.25) is 9.59 Å². The van der Waals surface area contributed by atoms with Crippen LogP contribution in [0.3, 0.4) is 0 Å². The second-order valence-electron chi connectivity index (χ2n) is 22.1. The lowest BCUT2D eigenvalue weighted by molar-refractivity contribution is -0.143. The van der Waals surface area contributed by atoms with Crippen molar-refractivity contribution in [3.05, 3.63) is 36.5 Å². The highest BCUT2D eigenvalue weighted by Crippen LogP contribution is 2.18. The van der Waals surface area contributed by atoms with Gasteiger partial charge in [-0.05, 0) is 57.8 Å². The van der Waals surface area contributed by atoms with Crippen LogP contribution in [0.1, 0.15) is 348 Å². The molecule has 3 N–H and O–H groups in total. The number of carbonyl (C=O) groups excluding carboxylic acids is 2. The van der Waals surface area contributed by atoms with Gasteiger partial charge < -0.3 is 20.3 Å². The summed E-state index contributed by atoms with van der Waals surface area (Å²) in [5.41, 5.74) is 0. The van der Waals surface area contributed by atoms with Crippen molar-refractivity contribution < 1.29 is 24.5 Å². The number of esters is 1. The Morgan fingerprint density at radius 2 is 0.708 bits per heavy atom. The molecule has 0 saturated carbocycles. The fraction of sp³-hybridized carbons (Fsp3) is 0.879. The first-order valence-electron chi connectivity index (χ1n) is 32.3. The number of carbonyl (C=O) groups is 2. The first-order chi connectivity index (χ1) is 35.5. The molecule has 72 heavy (non-hydrogen) atoms. The van der Waals surface area contributed by atoms with Crippen molar-refractivity contribution in [3.8, 4) is 0 Å². The lowest BCUT2D eigenvalue weighted by atomic mass is 10.0. The van der Waals surface area contributed by atoms with E-state index in [0.717, 1.165) is 51.4 Å². The van der Waals surface area contributed by atoms with E-state index in [1.165, 1.54) is 270 Å². The molecule has 0 saturated heterocycles. The number of nitrogens with one attached hydrogen (secondary N) is 1. The Labute approximate surface area is 449 Å². The zero-order valence-electron chi connectivity index (χ0n) is 48.4. The van der Waals surface area contributed by atoms with Crippen LogP contribution in [-0.4, -0.2) is 47.4 Å². The van der Waals surface area contributed by atoms with Crippen molar-refractivity contribution in [1.82, 2.24) is 5.32 Å². The van der Waals surface area contributed by atoms with Crippen LogP contribution >= 0.6 is 0 Å². The summed E-state index contributed by atoms with van der Waals surface area (Å²) in [7, 11) is 0. The third-order valence-electron chi connectivity index (χ3n) is 14.9. The van der Waals surface area contributed by atoms with E-state index >= 15 is 0 Å². The van der Waals surface area contributed by atoms with Gasteiger partial charge in [-0.25, -0.2) is 0 Å². The van der Waals surface area contributed by atoms with E-state index in [1.807, 2.05) is 6.08 Å². The third kappa shape index (κ3) is 57.4. The van der Waals surface area contributed by atoms with E-state index in [2.05, 4.69) is 43.5 Å². The number of allylic oxidation sites excluding steroid dienone is 5. The number of hydrogen-bond acceptors (Lipinski definition) is 5. The van der Waals surface area contributed by atoms with Gasteiger partial charge in [0, 0.05) is 12.8 Å². The topological polar surface area (TPSA) is 95.9 Å². The zero-order valence-corrected chi connectivity index (χ0v) is 48.4. The van der Waals surface area contributed by atoms with Gasteiger partial charge >= 0.3 is 5.97 Å². The number of rotatable bonds is 60. The SMILES string of the molecule is CCCC/C=C\C/C=C\CCCCCCCC(=O)OCCCCCCCCCCCCCCCCCCCCCCCCCCCCCCC(=O)NC(CO)C(O)/C=C/CCCCCCCCCCCCC. The summed E-state index contributed by atoms with van der Waals surface area (Å²) < 4.78 is 5.48. The number of amides is 1. The predicted octanol–water partition coefficient (Wildman–Crippen LogP) is 20.4. The molecule has 0 fully saturated rings. The van der Waals surface area contributed by atoms with Crippen LogP contribution in [0.2, 0.25) is 0 Å². The average Bonchev–Trinajstić information content (AvgIpc) is 3.38. The fourth-order valence-electron chi connectivity index (χ4n) is 9.95. The maximum Gasteiger partial charge on any atom is 0.305 e. The molecule has 2 unspecified atom stereocenters. The average molecular weight is 1010 g/mol. The third-order valence-corrected chi connectivity index (χ3v) is 14.9. The molecule has 1 amide bonds. The summed E-state index contributed by atoms with van der Waals surface area (Å²) in [6, 6.07) is -0.625. The minimum absolute atomic E-state index is 0.00375. The van der Waals surface area contributed by atoms with Crippen molar-refractivity contribution in [3.63, 3.8) is 0 Å². The molecule has 0 aliphatic heterocycles. The van der Waals surface area contributed by atoms with E-state index in [4.69, 9.17) is 4.74 Å². The highest BCUT2D eigenvalue weighted by Gasteiger charge is 2.18. The van der Waals surface area contributed by atoms with Gasteiger partial charge in [0.2, 0.25) is 5.91 Å². The first-order valence-corrected chi connectivity index (χ1v) is 32.3. The molecule has 0 aromatic rings. The van der Waals surface area contributed by atoms with E-state index < -0.39 is 12.1 Å². The summed E-state index contributed by atoms with van der Waals surface area (Å²) in [6.07, 6.45) is 77.7. The number of aliphatic hydroxyl groups is 2. The molecule has 0 aromatic carbocycles. The largest absolute Gasteiger partial charge is 0.466 e. The van der Waals surface area contributed by atoms with Gasteiger partial charge in [0.15, 0.2) is 0 Å². The highest BCUT2D eigenvalue weighted by atomic mass is 16.5. The molecular weight excluding hydrogens is 887 g/mol. The second kappa shape index (κ2) is 61.6. The van der Waals surface area contributed by atoms with Gasteiger partial charge in [-0.15, -0.1) is 0 Å². The van der Waals surface area contributed by atoms with Crippen LogP contribution in [0.4, 0.5) is 0 Å². The maximum atomic E-state index is 12.5. The lowest BCUT2D eigenvalue weighted by Gasteiger charge is -2.20. The molecule has 0 radical (unpaired) electrons. The fourth-order valence-corrected chi connectivity index (χ4v) is 9.95. The van der Waals surface area contributed by atoms with Crippen LogP contribution in [-0.2, 0) is 14.3 Å². The Hall–Kier alpha value is -1.92. The standard InChI is InChI=1S/C66H125NO5/c1-3-5-7-9-11-13-15-17-36-40-44-48-52-56-60-66(71)72-61-57-53-49-45-41-37-33-31-29-27-25-23-21-19-18-20-22-24-26-28-30-32-35-39-43-47-51-55-59-65(70)67-63(62-68)64(69)58-54-50-46-42-38-34-16-14-12-10-8-6-4-2/h9,11,15,17,54,58,63-64,68-69H,3-8,10,12-14,16,18-53,55-57,59-62H2,1-2H3,(H,67,70)/b11-9-,17-15-,58-54+. The minimum atomic E-state index is -0.841.